The summed E-state index contributed by atoms with van der Waals surface area (Å²) in [5.74, 6) is -1.54. The van der Waals surface area contributed by atoms with E-state index in [1.165, 1.54) is 4.90 Å². The molecule has 1 saturated heterocycles. The predicted molar refractivity (Wildman–Crippen MR) is 64.8 cm³/mol. The van der Waals surface area contributed by atoms with Crippen molar-refractivity contribution in [1.82, 2.24) is 10.2 Å². The Kier molecular flexibility index (Phi) is 5.12. The van der Waals surface area contributed by atoms with Crippen LogP contribution in [0.25, 0.3) is 0 Å². The molecule has 0 aromatic rings. The highest BCUT2D eigenvalue weighted by Crippen LogP contribution is 2.16. The molecule has 0 radical (unpaired) electrons. The first kappa shape index (κ1) is 14.5. The van der Waals surface area contributed by atoms with E-state index in [1.54, 1.807) is 6.92 Å². The minimum Gasteiger partial charge on any atom is -0.480 e. The van der Waals surface area contributed by atoms with Crippen LogP contribution in [0.2, 0.25) is 0 Å². The van der Waals surface area contributed by atoms with Crippen molar-refractivity contribution in [3.63, 3.8) is 0 Å². The normalized spacial score (nSPS) is 22.3. The number of carboxylic acid groups (broad SMARTS) is 1. The van der Waals surface area contributed by atoms with Gasteiger partial charge in [-0.15, -0.1) is 0 Å². The molecule has 2 unspecified atom stereocenters. The zero-order valence-electron chi connectivity index (χ0n) is 10.8. The standard InChI is InChI=1S/C12H20N2O4/c1-3-8(2)10(12(17)18)13-11(16)9-5-4-6-14(9)7-15/h7-10H,3-6H2,1-2H3,(H,13,16)(H,17,18)/t8?,9-,10?/m0/s1. The first-order valence-electron chi connectivity index (χ1n) is 6.25. The fourth-order valence-corrected chi connectivity index (χ4v) is 2.13. The third kappa shape index (κ3) is 3.21. The molecule has 1 aliphatic rings. The maximum Gasteiger partial charge on any atom is 0.326 e. The van der Waals surface area contributed by atoms with Crippen LogP contribution in [-0.4, -0.2) is 46.9 Å². The van der Waals surface area contributed by atoms with E-state index in [0.29, 0.717) is 25.8 Å². The van der Waals surface area contributed by atoms with Gasteiger partial charge in [-0.25, -0.2) is 4.79 Å². The number of amides is 2. The molecule has 0 aliphatic carbocycles. The summed E-state index contributed by atoms with van der Waals surface area (Å²) in [5.41, 5.74) is 0. The maximum atomic E-state index is 12.0. The Bertz CT molecular complexity index is 332. The van der Waals surface area contributed by atoms with Crippen LogP contribution in [0, 0.1) is 5.92 Å². The second kappa shape index (κ2) is 6.37. The molecule has 0 bridgehead atoms. The van der Waals surface area contributed by atoms with Crippen LogP contribution in [0.5, 0.6) is 0 Å². The lowest BCUT2D eigenvalue weighted by molar-refractivity contribution is -0.144. The second-order valence-corrected chi connectivity index (χ2v) is 4.71. The summed E-state index contributed by atoms with van der Waals surface area (Å²) in [6.45, 7) is 4.22. The highest BCUT2D eigenvalue weighted by Gasteiger charge is 2.33. The van der Waals surface area contributed by atoms with Gasteiger partial charge in [0.05, 0.1) is 0 Å². The maximum absolute atomic E-state index is 12.0. The Hall–Kier alpha value is -1.59. The van der Waals surface area contributed by atoms with Gasteiger partial charge < -0.3 is 15.3 Å². The molecule has 3 atom stereocenters. The Morgan fingerprint density at radius 1 is 1.56 bits per heavy atom. The van der Waals surface area contributed by atoms with Crippen LogP contribution < -0.4 is 5.32 Å². The van der Waals surface area contributed by atoms with Crippen molar-refractivity contribution in [2.45, 2.75) is 45.2 Å². The molecule has 0 aromatic heterocycles. The van der Waals surface area contributed by atoms with Crippen LogP contribution in [0.1, 0.15) is 33.1 Å². The van der Waals surface area contributed by atoms with Gasteiger partial charge in [-0.1, -0.05) is 20.3 Å². The quantitative estimate of drug-likeness (QED) is 0.666. The number of aliphatic carboxylic acids is 1. The Morgan fingerprint density at radius 3 is 2.72 bits per heavy atom. The summed E-state index contributed by atoms with van der Waals surface area (Å²) < 4.78 is 0. The number of carbonyl (C=O) groups is 3. The van der Waals surface area contributed by atoms with Gasteiger partial charge in [-0.3, -0.25) is 9.59 Å². The molecule has 1 rings (SSSR count). The lowest BCUT2D eigenvalue weighted by atomic mass is 9.99. The van der Waals surface area contributed by atoms with E-state index in [2.05, 4.69) is 5.32 Å². The highest BCUT2D eigenvalue weighted by molar-refractivity contribution is 5.88. The number of carbonyl (C=O) groups excluding carboxylic acids is 2. The third-order valence-corrected chi connectivity index (χ3v) is 3.51. The summed E-state index contributed by atoms with van der Waals surface area (Å²) in [4.78, 5) is 35.3. The largest absolute Gasteiger partial charge is 0.480 e. The fraction of sp³-hybridized carbons (Fsp3) is 0.750. The predicted octanol–water partition coefficient (Wildman–Crippen LogP) is 0.223. The molecule has 0 spiro atoms. The summed E-state index contributed by atoms with van der Waals surface area (Å²) in [7, 11) is 0. The lowest BCUT2D eigenvalue weighted by Crippen LogP contribution is -2.51. The lowest BCUT2D eigenvalue weighted by Gasteiger charge is -2.24. The zero-order chi connectivity index (χ0) is 13.7. The van der Waals surface area contributed by atoms with E-state index in [4.69, 9.17) is 5.11 Å². The summed E-state index contributed by atoms with van der Waals surface area (Å²) in [6, 6.07) is -1.41. The minimum atomic E-state index is -1.03. The van der Waals surface area contributed by atoms with Gasteiger partial charge in [0, 0.05) is 6.54 Å². The van der Waals surface area contributed by atoms with Crippen LogP contribution in [-0.2, 0) is 14.4 Å². The highest BCUT2D eigenvalue weighted by atomic mass is 16.4. The van der Waals surface area contributed by atoms with E-state index < -0.39 is 18.1 Å². The van der Waals surface area contributed by atoms with E-state index in [9.17, 15) is 14.4 Å². The van der Waals surface area contributed by atoms with Gasteiger partial charge in [-0.05, 0) is 18.8 Å². The molecule has 0 saturated carbocycles. The summed E-state index contributed by atoms with van der Waals surface area (Å²) in [5, 5.41) is 11.6. The number of hydrogen-bond acceptors (Lipinski definition) is 3. The van der Waals surface area contributed by atoms with Gasteiger partial charge in [0.15, 0.2) is 0 Å². The topological polar surface area (TPSA) is 86.7 Å². The van der Waals surface area contributed by atoms with Crippen molar-refractivity contribution in [2.24, 2.45) is 5.92 Å². The van der Waals surface area contributed by atoms with Crippen molar-refractivity contribution in [2.75, 3.05) is 6.54 Å². The molecule has 1 heterocycles. The van der Waals surface area contributed by atoms with Crippen LogP contribution in [0.3, 0.4) is 0 Å². The fourth-order valence-electron chi connectivity index (χ4n) is 2.13. The summed E-state index contributed by atoms with van der Waals surface area (Å²) in [6.07, 6.45) is 2.69. The number of nitrogens with one attached hydrogen (secondary N) is 1. The molecule has 0 aromatic carbocycles. The molecular weight excluding hydrogens is 236 g/mol. The van der Waals surface area contributed by atoms with Crippen LogP contribution in [0.4, 0.5) is 0 Å². The molecule has 102 valence electrons. The number of rotatable bonds is 6. The van der Waals surface area contributed by atoms with Gasteiger partial charge in [0.1, 0.15) is 12.1 Å². The second-order valence-electron chi connectivity index (χ2n) is 4.71. The molecule has 1 aliphatic heterocycles. The number of likely N-dealkylation sites (tertiary alicyclic amines) is 1. The molecule has 2 amide bonds. The number of carboxylic acids is 1. The molecule has 18 heavy (non-hydrogen) atoms. The molecule has 6 nitrogen and oxygen atoms in total. The van der Waals surface area contributed by atoms with Crippen molar-refractivity contribution < 1.29 is 19.5 Å². The molecule has 2 N–H and O–H groups in total. The Balaban J connectivity index is 2.66. The van der Waals surface area contributed by atoms with Crippen molar-refractivity contribution in [1.29, 1.82) is 0 Å². The molecule has 6 heteroatoms. The van der Waals surface area contributed by atoms with Crippen LogP contribution in [0.15, 0.2) is 0 Å². The number of nitrogens with zero attached hydrogens (tertiary/aromatic N) is 1. The first-order valence-corrected chi connectivity index (χ1v) is 6.25. The zero-order valence-corrected chi connectivity index (χ0v) is 10.8. The summed E-state index contributed by atoms with van der Waals surface area (Å²) >= 11 is 0. The van der Waals surface area contributed by atoms with Crippen LogP contribution >= 0.6 is 0 Å². The SMILES string of the molecule is CCC(C)C(NC(=O)[C@@H]1CCCN1C=O)C(=O)O. The first-order chi connectivity index (χ1) is 8.51. The van der Waals surface area contributed by atoms with E-state index in [0.717, 1.165) is 6.42 Å². The average Bonchev–Trinajstić information content (AvgIpc) is 2.82. The Labute approximate surface area is 106 Å². The van der Waals surface area contributed by atoms with Crippen molar-refractivity contribution >= 4 is 18.3 Å². The van der Waals surface area contributed by atoms with Crippen molar-refractivity contribution in [3.05, 3.63) is 0 Å². The van der Waals surface area contributed by atoms with Gasteiger partial charge in [0.25, 0.3) is 0 Å². The molecule has 1 fully saturated rings. The van der Waals surface area contributed by atoms with E-state index >= 15 is 0 Å². The number of hydrogen-bond donors (Lipinski definition) is 2. The van der Waals surface area contributed by atoms with E-state index in [1.807, 2.05) is 6.92 Å². The monoisotopic (exact) mass is 256 g/mol. The van der Waals surface area contributed by atoms with E-state index in [-0.39, 0.29) is 11.8 Å². The average molecular weight is 256 g/mol. The smallest absolute Gasteiger partial charge is 0.326 e. The van der Waals surface area contributed by atoms with Crippen molar-refractivity contribution in [3.8, 4) is 0 Å². The van der Waals surface area contributed by atoms with Gasteiger partial charge in [-0.2, -0.15) is 0 Å². The van der Waals surface area contributed by atoms with Gasteiger partial charge in [0.2, 0.25) is 12.3 Å². The Morgan fingerprint density at radius 2 is 2.22 bits per heavy atom. The van der Waals surface area contributed by atoms with Gasteiger partial charge >= 0.3 is 5.97 Å². The third-order valence-electron chi connectivity index (χ3n) is 3.51. The minimum absolute atomic E-state index is 0.141. The molecular formula is C12H20N2O4.